The minimum atomic E-state index is -1.13. The summed E-state index contributed by atoms with van der Waals surface area (Å²) in [6, 6.07) is 10.8. The van der Waals surface area contributed by atoms with E-state index < -0.39 is 41.5 Å². The first-order valence-corrected chi connectivity index (χ1v) is 12.2. The molecule has 37 heavy (non-hydrogen) atoms. The maximum atomic E-state index is 13.7. The molecule has 2 aromatic carbocycles. The summed E-state index contributed by atoms with van der Waals surface area (Å²) >= 11 is 0. The average Bonchev–Trinajstić information content (AvgIpc) is 2.77. The lowest BCUT2D eigenvalue weighted by molar-refractivity contribution is -0.139. The number of ether oxygens (including phenoxy) is 1. The molecule has 0 fully saturated rings. The highest BCUT2D eigenvalue weighted by Gasteiger charge is 2.35. The second kappa shape index (κ2) is 12.4. The molecule has 9 heteroatoms. The Morgan fingerprint density at radius 1 is 1.00 bits per heavy atom. The predicted octanol–water partition coefficient (Wildman–Crippen LogP) is 3.91. The number of alkyl carbamates (subject to hydrolysis) is 1. The van der Waals surface area contributed by atoms with Gasteiger partial charge in [-0.3, -0.25) is 14.4 Å². The molecule has 0 aliphatic heterocycles. The van der Waals surface area contributed by atoms with Gasteiger partial charge in [0, 0.05) is 19.2 Å². The third-order valence-corrected chi connectivity index (χ3v) is 5.77. The number of nitrogens with one attached hydrogen (secondary N) is 2. The molecular weight excluding hydrogens is 472 g/mol. The Kier molecular flexibility index (Phi) is 9.82. The van der Waals surface area contributed by atoms with Crippen LogP contribution in [0.2, 0.25) is 0 Å². The number of amides is 4. The topological polar surface area (TPSA) is 131 Å². The Morgan fingerprint density at radius 2 is 1.65 bits per heavy atom. The van der Waals surface area contributed by atoms with Gasteiger partial charge in [0.1, 0.15) is 17.7 Å². The number of hydrogen-bond donors (Lipinski definition) is 3. The van der Waals surface area contributed by atoms with Gasteiger partial charge in [0.2, 0.25) is 11.8 Å². The molecule has 2 atom stereocenters. The molecule has 9 nitrogen and oxygen atoms in total. The number of aryl methyl sites for hydroxylation is 3. The third-order valence-electron chi connectivity index (χ3n) is 5.77. The van der Waals surface area contributed by atoms with Crippen LogP contribution in [0.15, 0.2) is 42.5 Å². The van der Waals surface area contributed by atoms with Gasteiger partial charge in [-0.2, -0.15) is 0 Å². The number of primary amides is 1. The van der Waals surface area contributed by atoms with Crippen molar-refractivity contribution < 1.29 is 23.9 Å². The van der Waals surface area contributed by atoms with Gasteiger partial charge in [-0.1, -0.05) is 42.0 Å². The minimum Gasteiger partial charge on any atom is -0.444 e. The largest absolute Gasteiger partial charge is 0.444 e. The number of nitrogens with zero attached hydrogens (tertiary/aromatic N) is 1. The molecule has 0 spiro atoms. The highest BCUT2D eigenvalue weighted by molar-refractivity contribution is 5.99. The predicted molar refractivity (Wildman–Crippen MR) is 143 cm³/mol. The quantitative estimate of drug-likeness (QED) is 0.471. The van der Waals surface area contributed by atoms with Gasteiger partial charge in [-0.15, -0.1) is 0 Å². The van der Waals surface area contributed by atoms with E-state index in [1.165, 1.54) is 11.9 Å². The maximum Gasteiger partial charge on any atom is 0.408 e. The standard InChI is InChI=1S/C28H38N4O5/c1-17-12-13-20(19(3)16-17)24(25(34)30-21-11-9-8-10-18(21)2)32(7)26(35)22(14-15-23(29)33)31-27(36)37-28(4,5)6/h8-13,16,22,24H,14-15H2,1-7H3,(H2,29,33)(H,30,34)(H,31,36). The van der Waals surface area contributed by atoms with Gasteiger partial charge in [0.05, 0.1) is 0 Å². The van der Waals surface area contributed by atoms with Crippen LogP contribution in [0.3, 0.4) is 0 Å². The number of carbonyl (C=O) groups is 4. The molecule has 0 saturated heterocycles. The van der Waals surface area contributed by atoms with Crippen molar-refractivity contribution >= 4 is 29.5 Å². The molecule has 0 heterocycles. The number of nitrogens with two attached hydrogens (primary N) is 1. The van der Waals surface area contributed by atoms with Crippen molar-refractivity contribution in [2.24, 2.45) is 5.73 Å². The number of likely N-dealkylation sites (N-methyl/N-ethyl adjacent to an activating group) is 1. The maximum absolute atomic E-state index is 13.7. The fourth-order valence-corrected chi connectivity index (χ4v) is 3.94. The Labute approximate surface area is 218 Å². The molecule has 0 aliphatic carbocycles. The normalized spacial score (nSPS) is 12.7. The molecule has 200 valence electrons. The molecule has 2 rings (SSSR count). The van der Waals surface area contributed by atoms with E-state index in [1.54, 1.807) is 26.8 Å². The van der Waals surface area contributed by atoms with Crippen LogP contribution < -0.4 is 16.4 Å². The Morgan fingerprint density at radius 3 is 2.22 bits per heavy atom. The van der Waals surface area contributed by atoms with Crippen molar-refractivity contribution in [2.75, 3.05) is 12.4 Å². The zero-order chi connectivity index (χ0) is 27.9. The van der Waals surface area contributed by atoms with Crippen molar-refractivity contribution in [3.05, 3.63) is 64.7 Å². The van der Waals surface area contributed by atoms with Crippen LogP contribution in [0.5, 0.6) is 0 Å². The molecule has 2 aromatic rings. The summed E-state index contributed by atoms with van der Waals surface area (Å²) in [5.41, 5.74) is 8.50. The fourth-order valence-electron chi connectivity index (χ4n) is 3.94. The molecule has 0 radical (unpaired) electrons. The minimum absolute atomic E-state index is 0.0449. The van der Waals surface area contributed by atoms with E-state index in [2.05, 4.69) is 10.6 Å². The molecule has 0 saturated carbocycles. The number of rotatable bonds is 9. The fraction of sp³-hybridized carbons (Fsp3) is 0.429. The van der Waals surface area contributed by atoms with Gasteiger partial charge in [-0.05, 0) is 70.7 Å². The van der Waals surface area contributed by atoms with E-state index >= 15 is 0 Å². The average molecular weight is 511 g/mol. The van der Waals surface area contributed by atoms with Gasteiger partial charge < -0.3 is 26.0 Å². The van der Waals surface area contributed by atoms with Crippen LogP contribution in [0.1, 0.15) is 61.9 Å². The Balaban J connectivity index is 2.44. The van der Waals surface area contributed by atoms with Crippen LogP contribution in [0.25, 0.3) is 0 Å². The van der Waals surface area contributed by atoms with Gasteiger partial charge >= 0.3 is 6.09 Å². The van der Waals surface area contributed by atoms with Crippen LogP contribution in [0.4, 0.5) is 10.5 Å². The highest BCUT2D eigenvalue weighted by atomic mass is 16.6. The van der Waals surface area contributed by atoms with Crippen LogP contribution in [-0.2, 0) is 19.1 Å². The molecule has 4 N–H and O–H groups in total. The van der Waals surface area contributed by atoms with E-state index in [0.29, 0.717) is 11.3 Å². The zero-order valence-electron chi connectivity index (χ0n) is 22.7. The zero-order valence-corrected chi connectivity index (χ0v) is 22.7. The summed E-state index contributed by atoms with van der Waals surface area (Å²) in [6.45, 7) is 10.8. The molecule has 2 unspecified atom stereocenters. The summed E-state index contributed by atoms with van der Waals surface area (Å²) < 4.78 is 5.31. The number of carbonyl (C=O) groups excluding carboxylic acids is 4. The summed E-state index contributed by atoms with van der Waals surface area (Å²) in [7, 11) is 1.50. The molecular formula is C28H38N4O5. The summed E-state index contributed by atoms with van der Waals surface area (Å²) in [6.07, 6.45) is -0.989. The lowest BCUT2D eigenvalue weighted by Crippen LogP contribution is -2.51. The van der Waals surface area contributed by atoms with Crippen molar-refractivity contribution in [3.63, 3.8) is 0 Å². The monoisotopic (exact) mass is 510 g/mol. The Bertz CT molecular complexity index is 1160. The van der Waals surface area contributed by atoms with E-state index in [1.807, 2.05) is 57.2 Å². The third kappa shape index (κ3) is 8.63. The first-order chi connectivity index (χ1) is 17.2. The number of hydrogen-bond acceptors (Lipinski definition) is 5. The second-order valence-electron chi connectivity index (χ2n) is 10.2. The molecule has 0 aliphatic rings. The first-order valence-electron chi connectivity index (χ1n) is 12.2. The van der Waals surface area contributed by atoms with Crippen LogP contribution >= 0.6 is 0 Å². The van der Waals surface area contributed by atoms with Crippen molar-refractivity contribution in [2.45, 2.75) is 72.1 Å². The number of anilines is 1. The van der Waals surface area contributed by atoms with Gasteiger partial charge in [0.25, 0.3) is 5.91 Å². The smallest absolute Gasteiger partial charge is 0.408 e. The highest BCUT2D eigenvalue weighted by Crippen LogP contribution is 2.27. The van der Waals surface area contributed by atoms with Crippen molar-refractivity contribution in [1.29, 1.82) is 0 Å². The van der Waals surface area contributed by atoms with Gasteiger partial charge in [-0.25, -0.2) is 4.79 Å². The van der Waals surface area contributed by atoms with E-state index in [4.69, 9.17) is 10.5 Å². The van der Waals surface area contributed by atoms with Gasteiger partial charge in [0.15, 0.2) is 0 Å². The second-order valence-corrected chi connectivity index (χ2v) is 10.2. The lowest BCUT2D eigenvalue weighted by Gasteiger charge is -2.32. The van der Waals surface area contributed by atoms with Crippen LogP contribution in [-0.4, -0.2) is 47.4 Å². The SMILES string of the molecule is Cc1ccc(C(C(=O)Nc2ccccc2C)N(C)C(=O)C(CCC(N)=O)NC(=O)OC(C)(C)C)c(C)c1. The number of para-hydroxylation sites is 1. The van der Waals surface area contributed by atoms with Crippen molar-refractivity contribution in [1.82, 2.24) is 10.2 Å². The van der Waals surface area contributed by atoms with Crippen LogP contribution in [0, 0.1) is 20.8 Å². The lowest BCUT2D eigenvalue weighted by atomic mass is 9.96. The molecule has 0 aromatic heterocycles. The molecule has 4 amide bonds. The Hall–Kier alpha value is -3.88. The summed E-state index contributed by atoms with van der Waals surface area (Å²) in [5, 5.41) is 5.47. The summed E-state index contributed by atoms with van der Waals surface area (Å²) in [4.78, 5) is 52.6. The number of benzene rings is 2. The first kappa shape index (κ1) is 29.4. The van der Waals surface area contributed by atoms with E-state index in [0.717, 1.165) is 16.7 Å². The summed E-state index contributed by atoms with van der Waals surface area (Å²) in [5.74, 6) is -1.59. The van der Waals surface area contributed by atoms with E-state index in [-0.39, 0.29) is 12.8 Å². The van der Waals surface area contributed by atoms with E-state index in [9.17, 15) is 19.2 Å². The van der Waals surface area contributed by atoms with Crippen molar-refractivity contribution in [3.8, 4) is 0 Å². The molecule has 0 bridgehead atoms.